The van der Waals surface area contributed by atoms with Gasteiger partial charge in [0.15, 0.2) is 6.10 Å². The Morgan fingerprint density at radius 3 is 2.50 bits per heavy atom. The lowest BCUT2D eigenvalue weighted by Gasteiger charge is -2.25. The van der Waals surface area contributed by atoms with Crippen LogP contribution in [-0.4, -0.2) is 40.6 Å². The molecule has 1 aliphatic heterocycles. The maximum atomic E-state index is 12.4. The minimum Gasteiger partial charge on any atom is -0.481 e. The number of likely N-dealkylation sites (tertiary alicyclic amines) is 1. The predicted molar refractivity (Wildman–Crippen MR) is 83.4 cm³/mol. The summed E-state index contributed by atoms with van der Waals surface area (Å²) < 4.78 is 5.69. The SMILES string of the molecule is Cc1cc(OC(C)C(=O)N2CCCC2C(=O)O)cc(C)c1Cl. The van der Waals surface area contributed by atoms with E-state index in [1.54, 1.807) is 19.1 Å². The van der Waals surface area contributed by atoms with Crippen LogP contribution in [0.15, 0.2) is 12.1 Å². The molecule has 0 saturated carbocycles. The van der Waals surface area contributed by atoms with Crippen molar-refractivity contribution in [2.24, 2.45) is 0 Å². The number of aryl methyl sites for hydroxylation is 2. The fourth-order valence-corrected chi connectivity index (χ4v) is 2.86. The number of halogens is 1. The van der Waals surface area contributed by atoms with Gasteiger partial charge in [-0.15, -0.1) is 0 Å². The van der Waals surface area contributed by atoms with Gasteiger partial charge in [0.05, 0.1) is 0 Å². The zero-order chi connectivity index (χ0) is 16.4. The zero-order valence-electron chi connectivity index (χ0n) is 12.9. The van der Waals surface area contributed by atoms with E-state index in [-0.39, 0.29) is 5.91 Å². The Morgan fingerprint density at radius 1 is 1.36 bits per heavy atom. The van der Waals surface area contributed by atoms with Gasteiger partial charge < -0.3 is 14.7 Å². The number of rotatable bonds is 4. The zero-order valence-corrected chi connectivity index (χ0v) is 13.7. The maximum absolute atomic E-state index is 12.4. The number of hydrogen-bond acceptors (Lipinski definition) is 3. The number of carbonyl (C=O) groups is 2. The highest BCUT2D eigenvalue weighted by Gasteiger charge is 2.36. The van der Waals surface area contributed by atoms with Gasteiger partial charge in [-0.25, -0.2) is 4.79 Å². The lowest BCUT2D eigenvalue weighted by molar-refractivity contribution is -0.150. The lowest BCUT2D eigenvalue weighted by Crippen LogP contribution is -2.46. The van der Waals surface area contributed by atoms with Gasteiger partial charge in [-0.2, -0.15) is 0 Å². The normalized spacial score (nSPS) is 19.1. The Hall–Kier alpha value is -1.75. The monoisotopic (exact) mass is 325 g/mol. The Bertz CT molecular complexity index is 579. The van der Waals surface area contributed by atoms with Crippen molar-refractivity contribution in [3.05, 3.63) is 28.3 Å². The molecule has 1 aromatic carbocycles. The van der Waals surface area contributed by atoms with E-state index in [0.29, 0.717) is 30.2 Å². The summed E-state index contributed by atoms with van der Waals surface area (Å²) in [4.78, 5) is 25.0. The molecule has 0 aliphatic carbocycles. The number of carbonyl (C=O) groups excluding carboxylic acids is 1. The Labute approximate surface area is 134 Å². The molecule has 1 N–H and O–H groups in total. The van der Waals surface area contributed by atoms with Crippen molar-refractivity contribution in [1.82, 2.24) is 4.90 Å². The largest absolute Gasteiger partial charge is 0.481 e. The van der Waals surface area contributed by atoms with Gasteiger partial charge in [-0.1, -0.05) is 11.6 Å². The fraction of sp³-hybridized carbons (Fsp3) is 0.500. The Balaban J connectivity index is 2.10. The molecule has 2 rings (SSSR count). The summed E-state index contributed by atoms with van der Waals surface area (Å²) in [6.45, 7) is 5.84. The molecular formula is C16H20ClNO4. The summed E-state index contributed by atoms with van der Waals surface area (Å²) in [5.41, 5.74) is 1.75. The minimum atomic E-state index is -0.962. The first-order valence-corrected chi connectivity index (χ1v) is 7.65. The molecule has 1 aromatic rings. The summed E-state index contributed by atoms with van der Waals surface area (Å²) in [5.74, 6) is -0.697. The number of ether oxygens (including phenoxy) is 1. The van der Waals surface area contributed by atoms with E-state index >= 15 is 0 Å². The molecule has 0 spiro atoms. The summed E-state index contributed by atoms with van der Waals surface area (Å²) in [6, 6.07) is 2.81. The average molecular weight is 326 g/mol. The van der Waals surface area contributed by atoms with Crippen LogP contribution in [0.4, 0.5) is 0 Å². The van der Waals surface area contributed by atoms with Crippen molar-refractivity contribution >= 4 is 23.5 Å². The van der Waals surface area contributed by atoms with Gasteiger partial charge in [-0.3, -0.25) is 4.79 Å². The molecule has 1 aliphatic rings. The van der Waals surface area contributed by atoms with Crippen molar-refractivity contribution < 1.29 is 19.4 Å². The number of amides is 1. The van der Waals surface area contributed by atoms with E-state index in [1.807, 2.05) is 13.8 Å². The molecule has 0 aromatic heterocycles. The average Bonchev–Trinajstić information content (AvgIpc) is 2.93. The van der Waals surface area contributed by atoms with E-state index in [2.05, 4.69) is 0 Å². The Kier molecular flexibility index (Phi) is 4.96. The molecule has 0 bridgehead atoms. The van der Waals surface area contributed by atoms with Gasteiger partial charge in [-0.05, 0) is 56.9 Å². The molecule has 1 amide bonds. The van der Waals surface area contributed by atoms with Crippen molar-refractivity contribution in [3.8, 4) is 5.75 Å². The van der Waals surface area contributed by atoms with E-state index in [0.717, 1.165) is 11.1 Å². The van der Waals surface area contributed by atoms with E-state index in [1.165, 1.54) is 4.90 Å². The molecule has 2 atom stereocenters. The van der Waals surface area contributed by atoms with Crippen LogP contribution >= 0.6 is 11.6 Å². The molecule has 2 unspecified atom stereocenters. The maximum Gasteiger partial charge on any atom is 0.326 e. The summed E-state index contributed by atoms with van der Waals surface area (Å²) in [7, 11) is 0. The second kappa shape index (κ2) is 6.57. The van der Waals surface area contributed by atoms with Gasteiger partial charge >= 0.3 is 5.97 Å². The fourth-order valence-electron chi connectivity index (χ4n) is 2.75. The highest BCUT2D eigenvalue weighted by molar-refractivity contribution is 6.32. The summed E-state index contributed by atoms with van der Waals surface area (Å²) in [6.07, 6.45) is 0.460. The Morgan fingerprint density at radius 2 is 1.95 bits per heavy atom. The van der Waals surface area contributed by atoms with Crippen molar-refractivity contribution in [2.45, 2.75) is 45.8 Å². The van der Waals surface area contributed by atoms with E-state index < -0.39 is 18.1 Å². The van der Waals surface area contributed by atoms with Crippen LogP contribution in [0.3, 0.4) is 0 Å². The van der Waals surface area contributed by atoms with Crippen LogP contribution in [0.1, 0.15) is 30.9 Å². The van der Waals surface area contributed by atoms with E-state index in [9.17, 15) is 9.59 Å². The molecule has 6 heteroatoms. The van der Waals surface area contributed by atoms with Gasteiger partial charge in [0.2, 0.25) is 0 Å². The van der Waals surface area contributed by atoms with Crippen LogP contribution < -0.4 is 4.74 Å². The van der Waals surface area contributed by atoms with E-state index in [4.69, 9.17) is 21.4 Å². The molecule has 1 fully saturated rings. The van der Waals surface area contributed by atoms with Crippen molar-refractivity contribution in [2.75, 3.05) is 6.54 Å². The minimum absolute atomic E-state index is 0.296. The number of nitrogens with zero attached hydrogens (tertiary/aromatic N) is 1. The van der Waals surface area contributed by atoms with Crippen LogP contribution in [0.25, 0.3) is 0 Å². The first-order chi connectivity index (χ1) is 10.3. The smallest absolute Gasteiger partial charge is 0.326 e. The summed E-state index contributed by atoms with van der Waals surface area (Å²) >= 11 is 6.11. The quantitative estimate of drug-likeness (QED) is 0.924. The van der Waals surface area contributed by atoms with Gasteiger partial charge in [0, 0.05) is 11.6 Å². The topological polar surface area (TPSA) is 66.8 Å². The highest BCUT2D eigenvalue weighted by Crippen LogP contribution is 2.27. The number of carboxylic acid groups (broad SMARTS) is 1. The third-order valence-corrected chi connectivity index (χ3v) is 4.49. The standard InChI is InChI=1S/C16H20ClNO4/c1-9-7-12(8-10(2)14(9)17)22-11(3)15(19)18-6-4-5-13(18)16(20)21/h7-8,11,13H,4-6H2,1-3H3,(H,20,21). The molecule has 5 nitrogen and oxygen atoms in total. The molecule has 1 saturated heterocycles. The lowest BCUT2D eigenvalue weighted by atomic mass is 10.1. The molecular weight excluding hydrogens is 306 g/mol. The summed E-state index contributed by atoms with van der Waals surface area (Å²) in [5, 5.41) is 9.84. The van der Waals surface area contributed by atoms with Gasteiger partial charge in [0.25, 0.3) is 5.91 Å². The van der Waals surface area contributed by atoms with Crippen molar-refractivity contribution in [3.63, 3.8) is 0 Å². The van der Waals surface area contributed by atoms with Gasteiger partial charge in [0.1, 0.15) is 11.8 Å². The third kappa shape index (κ3) is 3.35. The molecule has 1 heterocycles. The first kappa shape index (κ1) is 16.6. The molecule has 0 radical (unpaired) electrons. The molecule has 120 valence electrons. The number of hydrogen-bond donors (Lipinski definition) is 1. The van der Waals surface area contributed by atoms with Crippen LogP contribution in [0, 0.1) is 13.8 Å². The number of carboxylic acids is 1. The van der Waals surface area contributed by atoms with Crippen LogP contribution in [0.5, 0.6) is 5.75 Å². The van der Waals surface area contributed by atoms with Crippen LogP contribution in [0.2, 0.25) is 5.02 Å². The highest BCUT2D eigenvalue weighted by atomic mass is 35.5. The molecule has 22 heavy (non-hydrogen) atoms. The number of benzene rings is 1. The second-order valence-corrected chi connectivity index (χ2v) is 6.04. The third-order valence-electron chi connectivity index (χ3n) is 3.89. The number of aliphatic carboxylic acids is 1. The van der Waals surface area contributed by atoms with Crippen molar-refractivity contribution in [1.29, 1.82) is 0 Å². The van der Waals surface area contributed by atoms with Crippen LogP contribution in [-0.2, 0) is 9.59 Å². The first-order valence-electron chi connectivity index (χ1n) is 7.28. The second-order valence-electron chi connectivity index (χ2n) is 5.66. The predicted octanol–water partition coefficient (Wildman–Crippen LogP) is 2.80.